The fourth-order valence-electron chi connectivity index (χ4n) is 4.06. The van der Waals surface area contributed by atoms with Crippen LogP contribution in [0.1, 0.15) is 37.0 Å². The summed E-state index contributed by atoms with van der Waals surface area (Å²) in [4.78, 5) is 52.1. The van der Waals surface area contributed by atoms with Crippen molar-refractivity contribution < 1.29 is 37.8 Å². The zero-order valence-corrected chi connectivity index (χ0v) is 24.1. The number of anilines is 3. The van der Waals surface area contributed by atoms with Crippen molar-refractivity contribution in [1.82, 2.24) is 5.32 Å². The normalized spacial score (nSPS) is 11.3. The van der Waals surface area contributed by atoms with E-state index in [1.54, 1.807) is 24.3 Å². The van der Waals surface area contributed by atoms with Crippen LogP contribution in [-0.2, 0) is 9.59 Å². The number of halogens is 2. The highest BCUT2D eigenvalue weighted by Crippen LogP contribution is 2.30. The van der Waals surface area contributed by atoms with Gasteiger partial charge < -0.3 is 30.3 Å². The molecule has 0 saturated carbocycles. The van der Waals surface area contributed by atoms with Gasteiger partial charge in [-0.2, -0.15) is 0 Å². The fraction of sp³-hybridized carbons (Fsp3) is 0.290. The molecule has 1 atom stereocenters. The third-order valence-corrected chi connectivity index (χ3v) is 6.77. The molecule has 0 saturated heterocycles. The molecule has 4 amide bonds. The Hall–Kier alpha value is -5.00. The summed E-state index contributed by atoms with van der Waals surface area (Å²) in [7, 11) is 1.23. The van der Waals surface area contributed by atoms with Crippen LogP contribution in [0, 0.1) is 17.6 Å². The van der Waals surface area contributed by atoms with E-state index in [0.717, 1.165) is 23.5 Å². The number of hydrogen-bond acceptors (Lipinski definition) is 5. The Morgan fingerprint density at radius 1 is 0.953 bits per heavy atom. The number of amides is 4. The quantitative estimate of drug-likeness (QED) is 0.246. The molecule has 43 heavy (non-hydrogen) atoms. The van der Waals surface area contributed by atoms with Gasteiger partial charge in [-0.1, -0.05) is 44.5 Å². The van der Waals surface area contributed by atoms with E-state index in [9.17, 15) is 28.0 Å². The number of aromatic carboxylic acids is 1. The number of ether oxygens (including phenoxy) is 1. The monoisotopic (exact) mass is 596 g/mol. The van der Waals surface area contributed by atoms with Gasteiger partial charge in [0.05, 0.1) is 17.8 Å². The van der Waals surface area contributed by atoms with E-state index in [0.29, 0.717) is 12.1 Å². The number of likely N-dealkylation sites (N-methyl/N-ethyl adjacent to an activating group) is 1. The van der Waals surface area contributed by atoms with Gasteiger partial charge in [-0.25, -0.2) is 18.4 Å². The number of carbonyl (C=O) groups is 4. The summed E-state index contributed by atoms with van der Waals surface area (Å²) in [6.07, 6.45) is 1.52. The van der Waals surface area contributed by atoms with Crippen LogP contribution in [0.3, 0.4) is 0 Å². The van der Waals surface area contributed by atoms with Gasteiger partial charge in [-0.3, -0.25) is 9.59 Å². The maximum Gasteiger partial charge on any atom is 0.335 e. The van der Waals surface area contributed by atoms with Crippen LogP contribution < -0.4 is 25.2 Å². The Balaban J connectivity index is 1.73. The van der Waals surface area contributed by atoms with E-state index >= 15 is 0 Å². The first-order chi connectivity index (χ1) is 20.5. The molecule has 3 N–H and O–H groups in total. The van der Waals surface area contributed by atoms with Crippen molar-refractivity contribution in [2.24, 2.45) is 5.92 Å². The molecule has 0 fully saturated rings. The van der Waals surface area contributed by atoms with Crippen molar-refractivity contribution in [1.29, 1.82) is 0 Å². The van der Waals surface area contributed by atoms with Crippen LogP contribution in [0.25, 0.3) is 0 Å². The zero-order valence-electron chi connectivity index (χ0n) is 24.1. The third kappa shape index (κ3) is 8.99. The van der Waals surface area contributed by atoms with E-state index in [1.165, 1.54) is 42.3 Å². The van der Waals surface area contributed by atoms with Gasteiger partial charge in [0.25, 0.3) is 5.91 Å². The van der Waals surface area contributed by atoms with Gasteiger partial charge in [0.2, 0.25) is 5.91 Å². The largest absolute Gasteiger partial charge is 0.482 e. The summed E-state index contributed by atoms with van der Waals surface area (Å²) in [5.41, 5.74) is 0.0704. The molecule has 3 aromatic carbocycles. The van der Waals surface area contributed by atoms with Crippen LogP contribution in [0.15, 0.2) is 66.7 Å². The molecule has 0 aliphatic rings. The highest BCUT2D eigenvalue weighted by Gasteiger charge is 2.23. The molecule has 0 bridgehead atoms. The van der Waals surface area contributed by atoms with E-state index in [1.807, 2.05) is 13.8 Å². The maximum atomic E-state index is 14.2. The number of para-hydroxylation sites is 3. The number of carboxylic acid groups (broad SMARTS) is 1. The summed E-state index contributed by atoms with van der Waals surface area (Å²) >= 11 is 0. The summed E-state index contributed by atoms with van der Waals surface area (Å²) in [5.74, 6) is -3.66. The van der Waals surface area contributed by atoms with Crippen molar-refractivity contribution >= 4 is 40.9 Å². The Kier molecular flexibility index (Phi) is 11.6. The molecule has 0 aliphatic heterocycles. The van der Waals surface area contributed by atoms with Gasteiger partial charge in [0.1, 0.15) is 23.1 Å². The smallest absolute Gasteiger partial charge is 0.335 e. The van der Waals surface area contributed by atoms with Crippen LogP contribution in [-0.4, -0.2) is 55.7 Å². The second kappa shape index (κ2) is 15.3. The van der Waals surface area contributed by atoms with E-state index in [2.05, 4.69) is 10.6 Å². The van der Waals surface area contributed by atoms with Gasteiger partial charge in [-0.15, -0.1) is 0 Å². The Bertz CT molecular complexity index is 1450. The number of carbonyl (C=O) groups excluding carboxylic acids is 3. The van der Waals surface area contributed by atoms with Gasteiger partial charge in [0.15, 0.2) is 6.61 Å². The second-order valence-electron chi connectivity index (χ2n) is 9.82. The van der Waals surface area contributed by atoms with E-state index in [4.69, 9.17) is 9.84 Å². The predicted octanol–water partition coefficient (Wildman–Crippen LogP) is 5.30. The van der Waals surface area contributed by atoms with Gasteiger partial charge in [0, 0.05) is 19.3 Å². The van der Waals surface area contributed by atoms with Crippen molar-refractivity contribution in [2.75, 3.05) is 41.9 Å². The molecular formula is C31H34F2N4O6. The number of carboxylic acids is 1. The molecule has 0 aliphatic carbocycles. The molecule has 3 rings (SSSR count). The van der Waals surface area contributed by atoms with Crippen molar-refractivity contribution in [2.45, 2.75) is 26.7 Å². The first kappa shape index (κ1) is 32.5. The fourth-order valence-corrected chi connectivity index (χ4v) is 4.06. The van der Waals surface area contributed by atoms with Crippen LogP contribution in [0.5, 0.6) is 5.75 Å². The van der Waals surface area contributed by atoms with Crippen LogP contribution >= 0.6 is 0 Å². The summed E-state index contributed by atoms with van der Waals surface area (Å²) < 4.78 is 34.1. The minimum absolute atomic E-state index is 0.00887. The molecule has 0 heterocycles. The van der Waals surface area contributed by atoms with E-state index < -0.39 is 54.3 Å². The zero-order chi connectivity index (χ0) is 31.5. The number of nitrogens with zero attached hydrogens (tertiary/aromatic N) is 2. The number of rotatable bonds is 13. The maximum absolute atomic E-state index is 14.2. The first-order valence-corrected chi connectivity index (χ1v) is 13.6. The Morgan fingerprint density at radius 2 is 1.63 bits per heavy atom. The predicted molar refractivity (Wildman–Crippen MR) is 159 cm³/mol. The topological polar surface area (TPSA) is 128 Å². The minimum atomic E-state index is -1.15. The summed E-state index contributed by atoms with van der Waals surface area (Å²) in [5, 5.41) is 14.1. The molecule has 12 heteroatoms. The number of benzene rings is 3. The standard InChI is InChI=1S/C31H34F2N4O6/c1-4-20(2)15-16-37(27(38)18-34-31(42)35-22-10-7-9-21(17-22)30(40)41)25-13-5-6-14-26(25)43-19-28(39)36(3)29-23(32)11-8-12-24(29)33/h5-14,17,20H,4,15-16,18-19H2,1-3H3,(H,40,41)(H2,34,35,42). The minimum Gasteiger partial charge on any atom is -0.482 e. The molecular weight excluding hydrogens is 562 g/mol. The van der Waals surface area contributed by atoms with Crippen LogP contribution in [0.2, 0.25) is 0 Å². The lowest BCUT2D eigenvalue weighted by Gasteiger charge is -2.27. The van der Waals surface area contributed by atoms with Gasteiger partial charge in [-0.05, 0) is 54.8 Å². The number of hydrogen-bond donors (Lipinski definition) is 3. The summed E-state index contributed by atoms with van der Waals surface area (Å²) in [6, 6.07) is 14.8. The molecule has 0 aromatic heterocycles. The lowest BCUT2D eigenvalue weighted by atomic mass is 10.0. The lowest BCUT2D eigenvalue weighted by Crippen LogP contribution is -2.42. The second-order valence-corrected chi connectivity index (χ2v) is 9.82. The first-order valence-electron chi connectivity index (χ1n) is 13.6. The highest BCUT2D eigenvalue weighted by atomic mass is 19.1. The van der Waals surface area contributed by atoms with Crippen molar-refractivity contribution in [3.8, 4) is 5.75 Å². The third-order valence-electron chi connectivity index (χ3n) is 6.77. The lowest BCUT2D eigenvalue weighted by molar-refractivity contribution is -0.120. The Labute approximate surface area is 248 Å². The van der Waals surface area contributed by atoms with Crippen molar-refractivity contribution in [3.63, 3.8) is 0 Å². The molecule has 0 radical (unpaired) electrons. The average molecular weight is 597 g/mol. The molecule has 1 unspecified atom stereocenters. The number of urea groups is 1. The molecule has 0 spiro atoms. The van der Waals surface area contributed by atoms with Crippen LogP contribution in [0.4, 0.5) is 30.6 Å². The molecule has 228 valence electrons. The summed E-state index contributed by atoms with van der Waals surface area (Å²) in [6.45, 7) is 3.39. The number of nitrogens with one attached hydrogen (secondary N) is 2. The van der Waals surface area contributed by atoms with Crippen molar-refractivity contribution in [3.05, 3.63) is 83.9 Å². The highest BCUT2D eigenvalue weighted by molar-refractivity contribution is 6.00. The Morgan fingerprint density at radius 3 is 2.30 bits per heavy atom. The van der Waals surface area contributed by atoms with Gasteiger partial charge >= 0.3 is 12.0 Å². The molecule has 3 aromatic rings. The SMILES string of the molecule is CCC(C)CCN(C(=O)CNC(=O)Nc1cccc(C(=O)O)c1)c1ccccc1OCC(=O)N(C)c1c(F)cccc1F. The average Bonchev–Trinajstić information content (AvgIpc) is 2.99. The van der Waals surface area contributed by atoms with E-state index in [-0.39, 0.29) is 29.5 Å². The molecule has 10 nitrogen and oxygen atoms in total.